The first-order chi connectivity index (χ1) is 14.3. The quantitative estimate of drug-likeness (QED) is 0.454. The smallest absolute Gasteiger partial charge is 0.134 e. The van der Waals surface area contributed by atoms with Crippen LogP contribution in [0.5, 0.6) is 0 Å². The van der Waals surface area contributed by atoms with E-state index in [1.165, 1.54) is 41.5 Å². The number of nitrogens with two attached hydrogens (primary N) is 1. The number of H-pyrrole nitrogens is 1. The third kappa shape index (κ3) is 2.03. The average molecular weight is 382 g/mol. The summed E-state index contributed by atoms with van der Waals surface area (Å²) in [6, 6.07) is 11.2. The highest BCUT2D eigenvalue weighted by molar-refractivity contribution is 5.90. The van der Waals surface area contributed by atoms with E-state index in [4.69, 9.17) is 5.73 Å². The summed E-state index contributed by atoms with van der Waals surface area (Å²) in [6.45, 7) is 0. The summed E-state index contributed by atoms with van der Waals surface area (Å²) in [5.41, 5.74) is 12.2. The van der Waals surface area contributed by atoms with Crippen LogP contribution in [0.2, 0.25) is 0 Å². The van der Waals surface area contributed by atoms with Gasteiger partial charge in [-0.25, -0.2) is 9.97 Å². The van der Waals surface area contributed by atoms with Crippen molar-refractivity contribution in [1.29, 1.82) is 0 Å². The predicted molar refractivity (Wildman–Crippen MR) is 113 cm³/mol. The molecule has 2 aliphatic carbocycles. The zero-order valence-corrected chi connectivity index (χ0v) is 16.0. The van der Waals surface area contributed by atoms with Crippen LogP contribution in [0.1, 0.15) is 42.3 Å². The normalized spacial score (nSPS) is 29.7. The molecule has 3 heterocycles. The van der Waals surface area contributed by atoms with Crippen molar-refractivity contribution < 1.29 is 0 Å². The number of aromatic nitrogens is 4. The van der Waals surface area contributed by atoms with E-state index in [0.29, 0.717) is 23.7 Å². The molecule has 0 radical (unpaired) electrons. The summed E-state index contributed by atoms with van der Waals surface area (Å²) in [7, 11) is 0. The molecular formula is C23H22N6. The number of fused-ring (bicyclic) bond motifs is 10. The van der Waals surface area contributed by atoms with Gasteiger partial charge in [0.2, 0.25) is 0 Å². The Labute approximate surface area is 167 Å². The lowest BCUT2D eigenvalue weighted by molar-refractivity contribution is 0.249. The van der Waals surface area contributed by atoms with Gasteiger partial charge in [0.1, 0.15) is 12.1 Å². The van der Waals surface area contributed by atoms with Crippen LogP contribution in [0.3, 0.4) is 0 Å². The van der Waals surface area contributed by atoms with Gasteiger partial charge in [-0.3, -0.25) is 5.10 Å². The molecule has 2 fully saturated rings. The van der Waals surface area contributed by atoms with E-state index in [2.05, 4.69) is 55.8 Å². The van der Waals surface area contributed by atoms with E-state index >= 15 is 0 Å². The lowest BCUT2D eigenvalue weighted by Crippen LogP contribution is -2.35. The van der Waals surface area contributed by atoms with Crippen LogP contribution in [0, 0.1) is 17.8 Å². The molecule has 4 aromatic rings. The molecule has 144 valence electrons. The number of hydrogen-bond acceptors (Lipinski definition) is 5. The highest BCUT2D eigenvalue weighted by atomic mass is 15.1. The summed E-state index contributed by atoms with van der Waals surface area (Å²) >= 11 is 0. The topological polar surface area (TPSA) is 92.5 Å². The molecule has 1 aliphatic heterocycles. The van der Waals surface area contributed by atoms with Crippen LogP contribution in [0.15, 0.2) is 42.9 Å². The number of nitrogen functional groups attached to an aromatic ring is 1. The van der Waals surface area contributed by atoms with Crippen LogP contribution in [0.4, 0.5) is 11.5 Å². The van der Waals surface area contributed by atoms with Gasteiger partial charge in [-0.1, -0.05) is 6.07 Å². The van der Waals surface area contributed by atoms with Crippen LogP contribution >= 0.6 is 0 Å². The fourth-order valence-corrected chi connectivity index (χ4v) is 6.63. The predicted octanol–water partition coefficient (Wildman–Crippen LogP) is 4.38. The fourth-order valence-electron chi connectivity index (χ4n) is 6.63. The van der Waals surface area contributed by atoms with Crippen LogP contribution in [-0.2, 0) is 0 Å². The van der Waals surface area contributed by atoms with Gasteiger partial charge in [0.05, 0.1) is 23.3 Å². The third-order valence-corrected chi connectivity index (χ3v) is 7.73. The molecule has 4 N–H and O–H groups in total. The highest BCUT2D eigenvalue weighted by Crippen LogP contribution is 2.64. The SMILES string of the molecule is Nc1ncnc2cc(C3Nc4ccc5[nH]ncc5c4C4C5CCC(C5)C34)ccc12. The Kier molecular flexibility index (Phi) is 2.97. The first-order valence-corrected chi connectivity index (χ1v) is 10.5. The van der Waals surface area contributed by atoms with Gasteiger partial charge in [-0.2, -0.15) is 5.10 Å². The fraction of sp³-hybridized carbons (Fsp3) is 0.348. The zero-order chi connectivity index (χ0) is 19.1. The second-order valence-corrected chi connectivity index (χ2v) is 8.95. The Morgan fingerprint density at radius 1 is 1.00 bits per heavy atom. The minimum absolute atomic E-state index is 0.299. The molecule has 3 aliphatic rings. The van der Waals surface area contributed by atoms with Crippen molar-refractivity contribution in [2.24, 2.45) is 17.8 Å². The lowest BCUT2D eigenvalue weighted by Gasteiger charge is -2.43. The molecule has 29 heavy (non-hydrogen) atoms. The maximum atomic E-state index is 6.05. The second kappa shape index (κ2) is 5.47. The van der Waals surface area contributed by atoms with Crippen molar-refractivity contribution in [3.63, 3.8) is 0 Å². The van der Waals surface area contributed by atoms with Gasteiger partial charge >= 0.3 is 0 Å². The standard InChI is InChI=1S/C23H22N6/c24-23-14-4-3-13(8-18(14)25-10-26-23)22-20-12-2-1-11(7-12)19(20)21-15-9-27-29-16(15)5-6-17(21)28-22/h3-6,8-12,19-20,22,28H,1-2,7H2,(H,27,29)(H2,24,25,26). The van der Waals surface area contributed by atoms with Crippen LogP contribution in [-0.4, -0.2) is 20.2 Å². The van der Waals surface area contributed by atoms with Crippen LogP contribution < -0.4 is 11.1 Å². The minimum atomic E-state index is 0.299. The largest absolute Gasteiger partial charge is 0.383 e. The van der Waals surface area contributed by atoms with Crippen LogP contribution in [0.25, 0.3) is 21.8 Å². The van der Waals surface area contributed by atoms with Gasteiger partial charge in [-0.15, -0.1) is 0 Å². The molecule has 5 unspecified atom stereocenters. The first-order valence-electron chi connectivity index (χ1n) is 10.5. The van der Waals surface area contributed by atoms with Gasteiger partial charge < -0.3 is 11.1 Å². The van der Waals surface area contributed by atoms with E-state index in [-0.39, 0.29) is 0 Å². The van der Waals surface area contributed by atoms with Gasteiger partial charge in [0.15, 0.2) is 0 Å². The molecule has 7 rings (SSSR count). The molecule has 5 atom stereocenters. The number of nitrogens with zero attached hydrogens (tertiary/aromatic N) is 3. The van der Waals surface area contributed by atoms with Crippen molar-refractivity contribution in [2.75, 3.05) is 11.1 Å². The van der Waals surface area contributed by atoms with E-state index in [0.717, 1.165) is 28.3 Å². The second-order valence-electron chi connectivity index (χ2n) is 8.95. The number of aromatic amines is 1. The monoisotopic (exact) mass is 382 g/mol. The van der Waals surface area contributed by atoms with E-state index < -0.39 is 0 Å². The molecule has 2 bridgehead atoms. The minimum Gasteiger partial charge on any atom is -0.383 e. The number of anilines is 2. The number of rotatable bonds is 1. The molecule has 0 saturated heterocycles. The van der Waals surface area contributed by atoms with E-state index in [1.807, 2.05) is 6.20 Å². The molecule has 6 heteroatoms. The van der Waals surface area contributed by atoms with Crippen molar-refractivity contribution in [1.82, 2.24) is 20.2 Å². The van der Waals surface area contributed by atoms with Gasteiger partial charge in [0.25, 0.3) is 0 Å². The van der Waals surface area contributed by atoms with Crippen molar-refractivity contribution in [3.8, 4) is 0 Å². The maximum Gasteiger partial charge on any atom is 0.134 e. The van der Waals surface area contributed by atoms with E-state index in [9.17, 15) is 0 Å². The average Bonchev–Trinajstić information content (AvgIpc) is 3.49. The molecule has 6 nitrogen and oxygen atoms in total. The Hall–Kier alpha value is -3.15. The Morgan fingerprint density at radius 3 is 2.90 bits per heavy atom. The molecule has 2 aromatic carbocycles. The maximum absolute atomic E-state index is 6.05. The Balaban J connectivity index is 1.42. The molecule has 0 amide bonds. The molecule has 0 spiro atoms. The summed E-state index contributed by atoms with van der Waals surface area (Å²) in [5.74, 6) is 3.32. The number of benzene rings is 2. The number of nitrogens with one attached hydrogen (secondary N) is 2. The molecular weight excluding hydrogens is 360 g/mol. The van der Waals surface area contributed by atoms with Crippen molar-refractivity contribution >= 4 is 33.3 Å². The van der Waals surface area contributed by atoms with Gasteiger partial charge in [-0.05, 0) is 78.3 Å². The first kappa shape index (κ1) is 15.7. The summed E-state index contributed by atoms with van der Waals surface area (Å²) < 4.78 is 0. The highest BCUT2D eigenvalue weighted by Gasteiger charge is 2.54. The number of hydrogen-bond donors (Lipinski definition) is 3. The third-order valence-electron chi connectivity index (χ3n) is 7.73. The molecule has 2 saturated carbocycles. The summed E-state index contributed by atoms with van der Waals surface area (Å²) in [4.78, 5) is 8.61. The summed E-state index contributed by atoms with van der Waals surface area (Å²) in [6.07, 6.45) is 7.62. The Morgan fingerprint density at radius 2 is 1.93 bits per heavy atom. The van der Waals surface area contributed by atoms with Gasteiger partial charge in [0, 0.05) is 16.5 Å². The van der Waals surface area contributed by atoms with E-state index in [1.54, 1.807) is 6.33 Å². The van der Waals surface area contributed by atoms with Crippen molar-refractivity contribution in [3.05, 3.63) is 54.0 Å². The lowest BCUT2D eigenvalue weighted by atomic mass is 9.67. The molecule has 2 aromatic heterocycles. The summed E-state index contributed by atoms with van der Waals surface area (Å²) in [5, 5.41) is 13.6. The zero-order valence-electron chi connectivity index (χ0n) is 16.0. The Bertz CT molecular complexity index is 1280. The van der Waals surface area contributed by atoms with Crippen molar-refractivity contribution in [2.45, 2.75) is 31.2 Å².